The molecule has 2 amide bonds. The number of halogens is 1. The number of methoxy groups -OCH3 is 1. The molecule has 1 aromatic carbocycles. The molecule has 0 aliphatic carbocycles. The lowest BCUT2D eigenvalue weighted by Gasteiger charge is -2.25. The molecule has 1 heterocycles. The molecule has 0 saturated carbocycles. The van der Waals surface area contributed by atoms with E-state index in [1.165, 1.54) is 0 Å². The second-order valence-corrected chi connectivity index (χ2v) is 5.60. The lowest BCUT2D eigenvalue weighted by Crippen LogP contribution is -2.47. The summed E-state index contributed by atoms with van der Waals surface area (Å²) in [6.45, 7) is 1.87. The molecular weight excluding hydrogens is 292 g/mol. The highest BCUT2D eigenvalue weighted by molar-refractivity contribution is 6.30. The number of hydrogen-bond donors (Lipinski definition) is 2. The smallest absolute Gasteiger partial charge is 0.242 e. The standard InChI is InChI=1S/C15H19ClN2O3/c1-9(17-15(20)12-7-8-13(19)18-12)14(21-2)10-3-5-11(16)6-4-10/h3-6,9,12,14H,7-8H2,1-2H3,(H,17,20)(H,18,19)/t9-,12+,14+/m1/s1. The molecule has 21 heavy (non-hydrogen) atoms. The Morgan fingerprint density at radius 1 is 1.43 bits per heavy atom. The molecule has 0 unspecified atom stereocenters. The van der Waals surface area contributed by atoms with E-state index in [-0.39, 0.29) is 24.0 Å². The fourth-order valence-corrected chi connectivity index (χ4v) is 2.62. The second-order valence-electron chi connectivity index (χ2n) is 5.16. The summed E-state index contributed by atoms with van der Waals surface area (Å²) >= 11 is 5.87. The van der Waals surface area contributed by atoms with Crippen LogP contribution < -0.4 is 10.6 Å². The summed E-state index contributed by atoms with van der Waals surface area (Å²) in [6, 6.07) is 6.65. The third kappa shape index (κ3) is 3.95. The molecule has 1 aliphatic heterocycles. The van der Waals surface area contributed by atoms with Gasteiger partial charge in [-0.05, 0) is 31.0 Å². The molecule has 0 bridgehead atoms. The van der Waals surface area contributed by atoms with Gasteiger partial charge in [0.2, 0.25) is 11.8 Å². The van der Waals surface area contributed by atoms with Crippen LogP contribution in [0.1, 0.15) is 31.4 Å². The predicted octanol–water partition coefficient (Wildman–Crippen LogP) is 1.81. The summed E-state index contributed by atoms with van der Waals surface area (Å²) in [5.74, 6) is -0.256. The zero-order valence-corrected chi connectivity index (χ0v) is 12.8. The highest BCUT2D eigenvalue weighted by Crippen LogP contribution is 2.22. The van der Waals surface area contributed by atoms with Gasteiger partial charge in [-0.25, -0.2) is 0 Å². The van der Waals surface area contributed by atoms with Crippen molar-refractivity contribution in [2.24, 2.45) is 0 Å². The molecule has 1 aromatic rings. The monoisotopic (exact) mass is 310 g/mol. The van der Waals surface area contributed by atoms with E-state index in [4.69, 9.17) is 16.3 Å². The van der Waals surface area contributed by atoms with Gasteiger partial charge in [0.1, 0.15) is 12.1 Å². The second kappa shape index (κ2) is 6.91. The zero-order valence-electron chi connectivity index (χ0n) is 12.1. The topological polar surface area (TPSA) is 67.4 Å². The Morgan fingerprint density at radius 2 is 2.10 bits per heavy atom. The molecule has 6 heteroatoms. The van der Waals surface area contributed by atoms with Crippen molar-refractivity contribution in [1.82, 2.24) is 10.6 Å². The van der Waals surface area contributed by atoms with Crippen molar-refractivity contribution < 1.29 is 14.3 Å². The first-order chi connectivity index (χ1) is 10.0. The molecule has 2 rings (SSSR count). The van der Waals surface area contributed by atoms with Crippen molar-refractivity contribution in [3.63, 3.8) is 0 Å². The van der Waals surface area contributed by atoms with Crippen LogP contribution in [0, 0.1) is 0 Å². The Kier molecular flexibility index (Phi) is 5.20. The van der Waals surface area contributed by atoms with Gasteiger partial charge in [-0.1, -0.05) is 23.7 Å². The molecule has 114 valence electrons. The lowest BCUT2D eigenvalue weighted by molar-refractivity contribution is -0.126. The van der Waals surface area contributed by atoms with E-state index in [1.807, 2.05) is 19.1 Å². The minimum atomic E-state index is -0.442. The van der Waals surface area contributed by atoms with Crippen LogP contribution in [0.5, 0.6) is 0 Å². The van der Waals surface area contributed by atoms with Gasteiger partial charge >= 0.3 is 0 Å². The van der Waals surface area contributed by atoms with Crippen LogP contribution in [0.4, 0.5) is 0 Å². The summed E-state index contributed by atoms with van der Waals surface area (Å²) in [5, 5.41) is 6.20. The van der Waals surface area contributed by atoms with E-state index in [9.17, 15) is 9.59 Å². The van der Waals surface area contributed by atoms with Gasteiger partial charge in [-0.15, -0.1) is 0 Å². The van der Waals surface area contributed by atoms with Crippen molar-refractivity contribution in [1.29, 1.82) is 0 Å². The number of ether oxygens (including phenoxy) is 1. The van der Waals surface area contributed by atoms with E-state index in [2.05, 4.69) is 10.6 Å². The number of carbonyl (C=O) groups is 2. The molecule has 0 radical (unpaired) electrons. The molecule has 2 N–H and O–H groups in total. The van der Waals surface area contributed by atoms with E-state index in [0.29, 0.717) is 17.9 Å². The Balaban J connectivity index is 1.99. The molecule has 3 atom stereocenters. The first-order valence-electron chi connectivity index (χ1n) is 6.89. The third-order valence-corrected chi connectivity index (χ3v) is 3.84. The molecule has 1 fully saturated rings. The number of hydrogen-bond acceptors (Lipinski definition) is 3. The van der Waals surface area contributed by atoms with Gasteiger partial charge in [-0.2, -0.15) is 0 Å². The van der Waals surface area contributed by atoms with Gasteiger partial charge in [0, 0.05) is 18.6 Å². The fraction of sp³-hybridized carbons (Fsp3) is 0.467. The Morgan fingerprint density at radius 3 is 2.62 bits per heavy atom. The maximum Gasteiger partial charge on any atom is 0.242 e. The maximum atomic E-state index is 12.1. The lowest BCUT2D eigenvalue weighted by atomic mass is 10.0. The van der Waals surface area contributed by atoms with Crippen LogP contribution in [-0.2, 0) is 14.3 Å². The Bertz CT molecular complexity index is 518. The Labute approximate surface area is 129 Å². The van der Waals surface area contributed by atoms with Crippen molar-refractivity contribution in [3.8, 4) is 0 Å². The molecular formula is C15H19ClN2O3. The van der Waals surface area contributed by atoms with Crippen LogP contribution in [0.25, 0.3) is 0 Å². The number of nitrogens with one attached hydrogen (secondary N) is 2. The maximum absolute atomic E-state index is 12.1. The molecule has 5 nitrogen and oxygen atoms in total. The number of amides is 2. The van der Waals surface area contributed by atoms with E-state index < -0.39 is 6.04 Å². The molecule has 1 aliphatic rings. The first-order valence-corrected chi connectivity index (χ1v) is 7.27. The SMILES string of the molecule is CO[C@H](c1ccc(Cl)cc1)[C@@H](C)NC(=O)[C@@H]1CCC(=O)N1. The Hall–Kier alpha value is -1.59. The van der Waals surface area contributed by atoms with E-state index in [1.54, 1.807) is 19.2 Å². The highest BCUT2D eigenvalue weighted by atomic mass is 35.5. The molecule has 0 spiro atoms. The number of rotatable bonds is 5. The van der Waals surface area contributed by atoms with Gasteiger partial charge in [-0.3, -0.25) is 9.59 Å². The van der Waals surface area contributed by atoms with Crippen molar-refractivity contribution in [2.45, 2.75) is 38.0 Å². The predicted molar refractivity (Wildman–Crippen MR) is 80.0 cm³/mol. The van der Waals surface area contributed by atoms with E-state index in [0.717, 1.165) is 5.56 Å². The summed E-state index contributed by atoms with van der Waals surface area (Å²) in [5.41, 5.74) is 0.935. The van der Waals surface area contributed by atoms with Crippen molar-refractivity contribution in [3.05, 3.63) is 34.9 Å². The summed E-state index contributed by atoms with van der Waals surface area (Å²) in [6.07, 6.45) is 0.663. The third-order valence-electron chi connectivity index (χ3n) is 3.59. The molecule has 1 saturated heterocycles. The zero-order chi connectivity index (χ0) is 15.4. The average Bonchev–Trinajstić information content (AvgIpc) is 2.88. The van der Waals surface area contributed by atoms with Crippen LogP contribution in [0.2, 0.25) is 5.02 Å². The van der Waals surface area contributed by atoms with Crippen LogP contribution in [0.15, 0.2) is 24.3 Å². The van der Waals surface area contributed by atoms with Gasteiger partial charge in [0.05, 0.1) is 6.04 Å². The highest BCUT2D eigenvalue weighted by Gasteiger charge is 2.29. The minimum absolute atomic E-state index is 0.0798. The largest absolute Gasteiger partial charge is 0.375 e. The van der Waals surface area contributed by atoms with Crippen LogP contribution in [-0.4, -0.2) is 31.0 Å². The first kappa shape index (κ1) is 15.8. The summed E-state index contributed by atoms with van der Waals surface area (Å²) in [7, 11) is 1.60. The van der Waals surface area contributed by atoms with Crippen molar-refractivity contribution >= 4 is 23.4 Å². The quantitative estimate of drug-likeness (QED) is 0.871. The van der Waals surface area contributed by atoms with Gasteiger partial charge in [0.25, 0.3) is 0 Å². The van der Waals surface area contributed by atoms with Gasteiger partial charge in [0.15, 0.2) is 0 Å². The van der Waals surface area contributed by atoms with E-state index >= 15 is 0 Å². The average molecular weight is 311 g/mol. The molecule has 0 aromatic heterocycles. The fourth-order valence-electron chi connectivity index (χ4n) is 2.49. The van der Waals surface area contributed by atoms with Crippen LogP contribution in [0.3, 0.4) is 0 Å². The summed E-state index contributed by atoms with van der Waals surface area (Å²) < 4.78 is 5.48. The summed E-state index contributed by atoms with van der Waals surface area (Å²) in [4.78, 5) is 23.3. The number of carbonyl (C=O) groups excluding carboxylic acids is 2. The minimum Gasteiger partial charge on any atom is -0.375 e. The normalized spacial score (nSPS) is 20.7. The van der Waals surface area contributed by atoms with Crippen LogP contribution >= 0.6 is 11.6 Å². The number of benzene rings is 1. The van der Waals surface area contributed by atoms with Crippen molar-refractivity contribution in [2.75, 3.05) is 7.11 Å². The van der Waals surface area contributed by atoms with Gasteiger partial charge < -0.3 is 15.4 Å².